The van der Waals surface area contributed by atoms with Crippen molar-refractivity contribution in [3.63, 3.8) is 0 Å². The van der Waals surface area contributed by atoms with Gasteiger partial charge in [-0.15, -0.1) is 0 Å². The second-order valence-electron chi connectivity index (χ2n) is 4.03. The molecule has 0 heterocycles. The van der Waals surface area contributed by atoms with Gasteiger partial charge in [0.15, 0.2) is 0 Å². The zero-order valence-electron chi connectivity index (χ0n) is 7.46. The Kier molecular flexibility index (Phi) is 1.69. The molecule has 1 fully saturated rings. The summed E-state index contributed by atoms with van der Waals surface area (Å²) in [6.07, 6.45) is 1.26. The summed E-state index contributed by atoms with van der Waals surface area (Å²) in [7, 11) is 0. The minimum Gasteiger partial charge on any atom is -0.330 e. The second-order valence-corrected chi connectivity index (χ2v) is 4.03. The zero-order valence-corrected chi connectivity index (χ0v) is 7.46. The van der Waals surface area contributed by atoms with Crippen LogP contribution in [0.3, 0.4) is 0 Å². The largest absolute Gasteiger partial charge is 0.330 e. The minimum absolute atomic E-state index is 0.390. The molecule has 0 spiro atoms. The minimum atomic E-state index is 0.390. The highest BCUT2D eigenvalue weighted by molar-refractivity contribution is 5.29. The van der Waals surface area contributed by atoms with Crippen LogP contribution in [-0.4, -0.2) is 6.54 Å². The van der Waals surface area contributed by atoms with Gasteiger partial charge in [0.2, 0.25) is 0 Å². The van der Waals surface area contributed by atoms with E-state index < -0.39 is 0 Å². The predicted molar refractivity (Wildman–Crippen MR) is 51.0 cm³/mol. The molecule has 0 amide bonds. The van der Waals surface area contributed by atoms with Gasteiger partial charge < -0.3 is 5.73 Å². The Morgan fingerprint density at radius 3 is 2.58 bits per heavy atom. The van der Waals surface area contributed by atoms with Crippen LogP contribution in [0.15, 0.2) is 30.3 Å². The zero-order chi connectivity index (χ0) is 8.60. The van der Waals surface area contributed by atoms with Crippen LogP contribution < -0.4 is 5.73 Å². The molecule has 1 aliphatic rings. The van der Waals surface area contributed by atoms with Gasteiger partial charge in [-0.05, 0) is 29.9 Å². The van der Waals surface area contributed by atoms with E-state index in [0.29, 0.717) is 11.3 Å². The third-order valence-electron chi connectivity index (χ3n) is 3.02. The maximum absolute atomic E-state index is 5.70. The number of rotatable bonds is 2. The highest BCUT2D eigenvalue weighted by atomic mass is 14.7. The van der Waals surface area contributed by atoms with Crippen molar-refractivity contribution in [3.05, 3.63) is 35.9 Å². The molecule has 0 aromatic heterocycles. The summed E-state index contributed by atoms with van der Waals surface area (Å²) in [5, 5.41) is 0. The fraction of sp³-hybridized carbons (Fsp3) is 0.455. The van der Waals surface area contributed by atoms with E-state index >= 15 is 0 Å². The monoisotopic (exact) mass is 161 g/mol. The average molecular weight is 161 g/mol. The van der Waals surface area contributed by atoms with Crippen LogP contribution >= 0.6 is 0 Å². The summed E-state index contributed by atoms with van der Waals surface area (Å²) in [6, 6.07) is 10.7. The lowest BCUT2D eigenvalue weighted by molar-refractivity contribution is 0.564. The van der Waals surface area contributed by atoms with Crippen molar-refractivity contribution in [1.29, 1.82) is 0 Å². The van der Waals surface area contributed by atoms with E-state index in [2.05, 4.69) is 37.3 Å². The second kappa shape index (κ2) is 2.60. The molecule has 0 radical (unpaired) electrons. The van der Waals surface area contributed by atoms with Crippen LogP contribution in [-0.2, 0) is 0 Å². The maximum atomic E-state index is 5.70. The van der Waals surface area contributed by atoms with E-state index in [1.165, 1.54) is 12.0 Å². The van der Waals surface area contributed by atoms with Gasteiger partial charge >= 0.3 is 0 Å². The average Bonchev–Trinajstić information content (AvgIpc) is 2.81. The van der Waals surface area contributed by atoms with E-state index in [1.54, 1.807) is 0 Å². The molecule has 64 valence electrons. The van der Waals surface area contributed by atoms with Gasteiger partial charge in [0.05, 0.1) is 0 Å². The molecule has 0 aliphatic heterocycles. The molecule has 2 unspecified atom stereocenters. The quantitative estimate of drug-likeness (QED) is 0.706. The van der Waals surface area contributed by atoms with Crippen molar-refractivity contribution in [3.8, 4) is 0 Å². The molecule has 1 saturated carbocycles. The Balaban J connectivity index is 2.16. The Morgan fingerprint density at radius 1 is 1.42 bits per heavy atom. The Bertz CT molecular complexity index is 268. The molecule has 1 heteroatoms. The van der Waals surface area contributed by atoms with Gasteiger partial charge in [0, 0.05) is 0 Å². The molecule has 0 saturated heterocycles. The molecular formula is C11H15N. The third-order valence-corrected chi connectivity index (χ3v) is 3.02. The van der Waals surface area contributed by atoms with Crippen molar-refractivity contribution >= 4 is 0 Å². The van der Waals surface area contributed by atoms with E-state index in [4.69, 9.17) is 5.73 Å². The highest BCUT2D eigenvalue weighted by Crippen LogP contribution is 2.58. The van der Waals surface area contributed by atoms with Crippen molar-refractivity contribution in [1.82, 2.24) is 0 Å². The summed E-state index contributed by atoms with van der Waals surface area (Å²) in [4.78, 5) is 0. The first-order valence-electron chi connectivity index (χ1n) is 4.51. The summed E-state index contributed by atoms with van der Waals surface area (Å²) >= 11 is 0. The normalized spacial score (nSPS) is 33.3. The van der Waals surface area contributed by atoms with Crippen molar-refractivity contribution in [2.24, 2.45) is 11.1 Å². The maximum Gasteiger partial charge on any atom is -0.00171 e. The molecular weight excluding hydrogens is 146 g/mol. The van der Waals surface area contributed by atoms with Crippen molar-refractivity contribution in [2.45, 2.75) is 19.3 Å². The lowest BCUT2D eigenvalue weighted by Crippen LogP contribution is -2.13. The van der Waals surface area contributed by atoms with Gasteiger partial charge in [-0.3, -0.25) is 0 Å². The molecule has 2 atom stereocenters. The first kappa shape index (κ1) is 7.81. The molecule has 1 aromatic carbocycles. The summed E-state index contributed by atoms with van der Waals surface area (Å²) in [5.41, 5.74) is 7.54. The molecule has 2 rings (SSSR count). The van der Waals surface area contributed by atoms with E-state index in [0.717, 1.165) is 6.54 Å². The van der Waals surface area contributed by atoms with Crippen LogP contribution in [0.2, 0.25) is 0 Å². The van der Waals surface area contributed by atoms with Gasteiger partial charge in [-0.2, -0.15) is 0 Å². The first-order chi connectivity index (χ1) is 5.76. The van der Waals surface area contributed by atoms with Crippen LogP contribution in [0.4, 0.5) is 0 Å². The SMILES string of the molecule is CC1(CN)CC1c1ccccc1. The van der Waals surface area contributed by atoms with Crippen molar-refractivity contribution in [2.75, 3.05) is 6.54 Å². The fourth-order valence-electron chi connectivity index (χ4n) is 1.84. The molecule has 1 aromatic rings. The number of hydrogen-bond acceptors (Lipinski definition) is 1. The Morgan fingerprint density at radius 2 is 2.08 bits per heavy atom. The fourth-order valence-corrected chi connectivity index (χ4v) is 1.84. The summed E-state index contributed by atoms with van der Waals surface area (Å²) < 4.78 is 0. The van der Waals surface area contributed by atoms with E-state index in [9.17, 15) is 0 Å². The summed E-state index contributed by atoms with van der Waals surface area (Å²) in [6.45, 7) is 3.08. The topological polar surface area (TPSA) is 26.0 Å². The summed E-state index contributed by atoms with van der Waals surface area (Å²) in [5.74, 6) is 0.712. The van der Waals surface area contributed by atoms with Crippen molar-refractivity contribution < 1.29 is 0 Å². The van der Waals surface area contributed by atoms with Crippen LogP contribution in [0.25, 0.3) is 0 Å². The van der Waals surface area contributed by atoms with Gasteiger partial charge in [-0.1, -0.05) is 37.3 Å². The Labute approximate surface area is 73.6 Å². The molecule has 12 heavy (non-hydrogen) atoms. The number of benzene rings is 1. The molecule has 1 nitrogen and oxygen atoms in total. The van der Waals surface area contributed by atoms with Crippen LogP contribution in [0.1, 0.15) is 24.8 Å². The lowest BCUT2D eigenvalue weighted by Gasteiger charge is -2.06. The highest BCUT2D eigenvalue weighted by Gasteiger charge is 2.49. The van der Waals surface area contributed by atoms with Crippen LogP contribution in [0.5, 0.6) is 0 Å². The van der Waals surface area contributed by atoms with Crippen LogP contribution in [0, 0.1) is 5.41 Å². The molecule has 2 N–H and O–H groups in total. The van der Waals surface area contributed by atoms with Gasteiger partial charge in [0.1, 0.15) is 0 Å². The number of nitrogens with two attached hydrogens (primary N) is 1. The van der Waals surface area contributed by atoms with Gasteiger partial charge in [-0.25, -0.2) is 0 Å². The Hall–Kier alpha value is -0.820. The first-order valence-corrected chi connectivity index (χ1v) is 4.51. The smallest absolute Gasteiger partial charge is 0.00171 e. The van der Waals surface area contributed by atoms with E-state index in [-0.39, 0.29) is 0 Å². The molecule has 0 bridgehead atoms. The predicted octanol–water partition coefficient (Wildman–Crippen LogP) is 2.14. The number of hydrogen-bond donors (Lipinski definition) is 1. The standard InChI is InChI=1S/C11H15N/c1-11(8-12)7-10(11)9-5-3-2-4-6-9/h2-6,10H,7-8,12H2,1H3. The lowest BCUT2D eigenvalue weighted by atomic mass is 10.0. The third kappa shape index (κ3) is 1.14. The van der Waals surface area contributed by atoms with Gasteiger partial charge in [0.25, 0.3) is 0 Å². The van der Waals surface area contributed by atoms with E-state index in [1.807, 2.05) is 0 Å². The molecule has 1 aliphatic carbocycles.